The van der Waals surface area contributed by atoms with Crippen LogP contribution in [0.5, 0.6) is 0 Å². The standard InChI is InChI=1S/C10H10N2O3/c1-5-7-4-6(9(13)10(14)15)2-3-8(7)12-11-5/h2-4,9,13H,1H3,(H,11,12)(H,14,15). The van der Waals surface area contributed by atoms with Crippen molar-refractivity contribution in [2.75, 3.05) is 0 Å². The molecule has 0 saturated heterocycles. The SMILES string of the molecule is Cc1[nH]nc2ccc(C(O)C(=O)O)cc12. The zero-order valence-electron chi connectivity index (χ0n) is 8.06. The van der Waals surface area contributed by atoms with Gasteiger partial charge in [-0.3, -0.25) is 5.10 Å². The number of H-pyrrole nitrogens is 1. The van der Waals surface area contributed by atoms with Crippen molar-refractivity contribution in [3.05, 3.63) is 29.5 Å². The van der Waals surface area contributed by atoms with Gasteiger partial charge in [0.15, 0.2) is 6.10 Å². The van der Waals surface area contributed by atoms with Crippen molar-refractivity contribution >= 4 is 16.9 Å². The summed E-state index contributed by atoms with van der Waals surface area (Å²) in [5.41, 5.74) is 1.97. The monoisotopic (exact) mass is 206 g/mol. The number of carboxylic acid groups (broad SMARTS) is 1. The summed E-state index contributed by atoms with van der Waals surface area (Å²) in [5, 5.41) is 25.6. The first-order valence-corrected chi connectivity index (χ1v) is 4.45. The molecule has 0 saturated carbocycles. The fourth-order valence-corrected chi connectivity index (χ4v) is 1.47. The lowest BCUT2D eigenvalue weighted by atomic mass is 10.1. The molecule has 2 rings (SSSR count). The van der Waals surface area contributed by atoms with Gasteiger partial charge in [0.2, 0.25) is 0 Å². The Kier molecular flexibility index (Phi) is 2.17. The van der Waals surface area contributed by atoms with Crippen molar-refractivity contribution in [2.24, 2.45) is 0 Å². The second kappa shape index (κ2) is 3.36. The van der Waals surface area contributed by atoms with Gasteiger partial charge in [-0.15, -0.1) is 0 Å². The highest BCUT2D eigenvalue weighted by Crippen LogP contribution is 2.21. The molecule has 15 heavy (non-hydrogen) atoms. The van der Waals surface area contributed by atoms with Gasteiger partial charge < -0.3 is 10.2 Å². The maximum atomic E-state index is 10.6. The molecule has 1 unspecified atom stereocenters. The zero-order chi connectivity index (χ0) is 11.0. The van der Waals surface area contributed by atoms with Crippen molar-refractivity contribution in [3.8, 4) is 0 Å². The molecule has 0 aliphatic heterocycles. The Morgan fingerprint density at radius 3 is 2.93 bits per heavy atom. The lowest BCUT2D eigenvalue weighted by Gasteiger charge is -2.05. The first kappa shape index (κ1) is 9.67. The second-order valence-corrected chi connectivity index (χ2v) is 3.37. The van der Waals surface area contributed by atoms with Crippen LogP contribution in [-0.2, 0) is 4.79 Å². The number of nitrogens with zero attached hydrogens (tertiary/aromatic N) is 1. The van der Waals surface area contributed by atoms with Crippen LogP contribution in [0.4, 0.5) is 0 Å². The van der Waals surface area contributed by atoms with E-state index in [2.05, 4.69) is 10.2 Å². The first-order chi connectivity index (χ1) is 7.09. The number of fused-ring (bicyclic) bond motifs is 1. The molecule has 0 bridgehead atoms. The third kappa shape index (κ3) is 1.57. The molecule has 2 aromatic rings. The molecular weight excluding hydrogens is 196 g/mol. The summed E-state index contributed by atoms with van der Waals surface area (Å²) >= 11 is 0. The Bertz CT molecular complexity index is 518. The zero-order valence-corrected chi connectivity index (χ0v) is 8.06. The predicted octanol–water partition coefficient (Wildman–Crippen LogP) is 0.989. The summed E-state index contributed by atoms with van der Waals surface area (Å²) in [4.78, 5) is 10.6. The average molecular weight is 206 g/mol. The number of aliphatic carboxylic acids is 1. The number of aryl methyl sites for hydroxylation is 1. The molecule has 5 heteroatoms. The maximum Gasteiger partial charge on any atom is 0.337 e. The van der Waals surface area contributed by atoms with Crippen LogP contribution in [0.2, 0.25) is 0 Å². The molecule has 1 aromatic carbocycles. The Morgan fingerprint density at radius 1 is 1.53 bits per heavy atom. The largest absolute Gasteiger partial charge is 0.479 e. The highest BCUT2D eigenvalue weighted by molar-refractivity contribution is 5.84. The van der Waals surface area contributed by atoms with Crippen molar-refractivity contribution in [1.29, 1.82) is 0 Å². The van der Waals surface area contributed by atoms with Crippen molar-refractivity contribution < 1.29 is 15.0 Å². The predicted molar refractivity (Wildman–Crippen MR) is 53.4 cm³/mol. The van der Waals surface area contributed by atoms with E-state index in [4.69, 9.17) is 5.11 Å². The molecule has 1 heterocycles. The topological polar surface area (TPSA) is 86.2 Å². The van der Waals surface area contributed by atoms with E-state index in [-0.39, 0.29) is 0 Å². The first-order valence-electron chi connectivity index (χ1n) is 4.45. The van der Waals surface area contributed by atoms with Crippen molar-refractivity contribution in [3.63, 3.8) is 0 Å². The van der Waals surface area contributed by atoms with E-state index in [1.807, 2.05) is 6.92 Å². The molecule has 3 N–H and O–H groups in total. The van der Waals surface area contributed by atoms with Crippen LogP contribution >= 0.6 is 0 Å². The number of carbonyl (C=O) groups is 1. The Balaban J connectivity index is 2.54. The number of hydrogen-bond acceptors (Lipinski definition) is 3. The molecular formula is C10H10N2O3. The van der Waals surface area contributed by atoms with Gasteiger partial charge in [0.05, 0.1) is 5.52 Å². The summed E-state index contributed by atoms with van der Waals surface area (Å²) in [6.07, 6.45) is -1.48. The molecule has 0 aliphatic carbocycles. The summed E-state index contributed by atoms with van der Waals surface area (Å²) in [6, 6.07) is 4.87. The summed E-state index contributed by atoms with van der Waals surface area (Å²) < 4.78 is 0. The van der Waals surface area contributed by atoms with Crippen LogP contribution in [-0.4, -0.2) is 26.4 Å². The summed E-state index contributed by atoms with van der Waals surface area (Å²) in [6.45, 7) is 1.84. The maximum absolute atomic E-state index is 10.6. The number of aliphatic hydroxyl groups excluding tert-OH is 1. The van der Waals surface area contributed by atoms with Crippen LogP contribution in [0, 0.1) is 6.92 Å². The minimum absolute atomic E-state index is 0.361. The van der Waals surface area contributed by atoms with Crippen LogP contribution in [0.3, 0.4) is 0 Å². The Labute approximate surface area is 85.4 Å². The van der Waals surface area contributed by atoms with Crippen LogP contribution in [0.1, 0.15) is 17.4 Å². The number of rotatable bonds is 2. The summed E-state index contributed by atoms with van der Waals surface area (Å²) in [7, 11) is 0. The minimum atomic E-state index is -1.48. The second-order valence-electron chi connectivity index (χ2n) is 3.37. The highest BCUT2D eigenvalue weighted by atomic mass is 16.4. The van der Waals surface area contributed by atoms with Gasteiger partial charge in [0.25, 0.3) is 0 Å². The lowest BCUT2D eigenvalue weighted by molar-refractivity contribution is -0.146. The third-order valence-electron chi connectivity index (χ3n) is 2.32. The van der Waals surface area contributed by atoms with E-state index in [1.54, 1.807) is 18.2 Å². The van der Waals surface area contributed by atoms with Gasteiger partial charge in [-0.25, -0.2) is 4.79 Å². The van der Waals surface area contributed by atoms with Gasteiger partial charge in [0.1, 0.15) is 0 Å². The third-order valence-corrected chi connectivity index (χ3v) is 2.32. The van der Waals surface area contributed by atoms with Gasteiger partial charge >= 0.3 is 5.97 Å². The van der Waals surface area contributed by atoms with Gasteiger partial charge in [-0.05, 0) is 24.6 Å². The molecule has 5 nitrogen and oxygen atoms in total. The fourth-order valence-electron chi connectivity index (χ4n) is 1.47. The van der Waals surface area contributed by atoms with E-state index in [9.17, 15) is 9.90 Å². The molecule has 78 valence electrons. The van der Waals surface area contributed by atoms with E-state index in [1.165, 1.54) is 0 Å². The molecule has 0 fully saturated rings. The van der Waals surface area contributed by atoms with Crippen LogP contribution in [0.15, 0.2) is 18.2 Å². The Hall–Kier alpha value is -1.88. The molecule has 0 spiro atoms. The number of aromatic amines is 1. The van der Waals surface area contributed by atoms with E-state index >= 15 is 0 Å². The molecule has 0 aliphatic rings. The number of benzene rings is 1. The average Bonchev–Trinajstić information content (AvgIpc) is 2.59. The van der Waals surface area contributed by atoms with E-state index in [0.29, 0.717) is 5.56 Å². The van der Waals surface area contributed by atoms with Crippen LogP contribution < -0.4 is 0 Å². The lowest BCUT2D eigenvalue weighted by Crippen LogP contribution is -2.10. The highest BCUT2D eigenvalue weighted by Gasteiger charge is 2.16. The fraction of sp³-hybridized carbons (Fsp3) is 0.200. The smallest absolute Gasteiger partial charge is 0.337 e. The van der Waals surface area contributed by atoms with Gasteiger partial charge in [0, 0.05) is 11.1 Å². The number of carboxylic acids is 1. The summed E-state index contributed by atoms with van der Waals surface area (Å²) in [5.74, 6) is -1.25. The molecule has 0 radical (unpaired) electrons. The number of aromatic nitrogens is 2. The van der Waals surface area contributed by atoms with E-state index < -0.39 is 12.1 Å². The number of aliphatic hydroxyl groups is 1. The number of nitrogens with one attached hydrogen (secondary N) is 1. The minimum Gasteiger partial charge on any atom is -0.479 e. The van der Waals surface area contributed by atoms with Crippen LogP contribution in [0.25, 0.3) is 10.9 Å². The number of hydrogen-bond donors (Lipinski definition) is 3. The van der Waals surface area contributed by atoms with Gasteiger partial charge in [-0.1, -0.05) is 6.07 Å². The normalized spacial score (nSPS) is 12.9. The quantitative estimate of drug-likeness (QED) is 0.683. The van der Waals surface area contributed by atoms with Crippen molar-refractivity contribution in [2.45, 2.75) is 13.0 Å². The van der Waals surface area contributed by atoms with E-state index in [0.717, 1.165) is 16.6 Å². The molecule has 1 atom stereocenters. The van der Waals surface area contributed by atoms with Gasteiger partial charge in [-0.2, -0.15) is 5.10 Å². The molecule has 0 amide bonds. The Morgan fingerprint density at radius 2 is 2.27 bits per heavy atom. The molecule has 1 aromatic heterocycles. The van der Waals surface area contributed by atoms with Crippen molar-refractivity contribution in [1.82, 2.24) is 10.2 Å².